The Kier molecular flexibility index (Phi) is 3.46. The summed E-state index contributed by atoms with van der Waals surface area (Å²) in [7, 11) is 0. The van der Waals surface area contributed by atoms with Crippen LogP contribution in [0.15, 0.2) is 42.9 Å². The smallest absolute Gasteiger partial charge is 0.321 e. The van der Waals surface area contributed by atoms with Gasteiger partial charge in [0.25, 0.3) is 5.91 Å². The Hall–Kier alpha value is -2.44. The van der Waals surface area contributed by atoms with E-state index in [9.17, 15) is 18.0 Å². The van der Waals surface area contributed by atoms with E-state index in [0.29, 0.717) is 0 Å². The lowest BCUT2D eigenvalue weighted by Crippen LogP contribution is -2.14. The van der Waals surface area contributed by atoms with Gasteiger partial charge in [-0.2, -0.15) is 13.2 Å². The van der Waals surface area contributed by atoms with E-state index < -0.39 is 17.6 Å². The fraction of sp³-hybridized carbons (Fsp3) is 0.0833. The molecule has 0 unspecified atom stereocenters. The highest BCUT2D eigenvalue weighted by atomic mass is 19.4. The molecule has 2 aromatic rings. The van der Waals surface area contributed by atoms with E-state index in [4.69, 9.17) is 0 Å². The molecule has 0 aliphatic carbocycles. The summed E-state index contributed by atoms with van der Waals surface area (Å²) in [5.74, 6) is -0.534. The fourth-order valence-electron chi connectivity index (χ4n) is 1.35. The summed E-state index contributed by atoms with van der Waals surface area (Å²) in [5, 5.41) is 2.43. The number of halogens is 3. The van der Waals surface area contributed by atoms with Crippen LogP contribution < -0.4 is 5.32 Å². The summed E-state index contributed by atoms with van der Waals surface area (Å²) in [6.45, 7) is 0. The van der Waals surface area contributed by atoms with Gasteiger partial charge in [-0.3, -0.25) is 9.78 Å². The highest BCUT2D eigenvalue weighted by Gasteiger charge is 2.29. The van der Waals surface area contributed by atoms with Crippen molar-refractivity contribution in [3.63, 3.8) is 0 Å². The summed E-state index contributed by atoms with van der Waals surface area (Å²) in [4.78, 5) is 19.2. The molecule has 0 spiro atoms. The molecule has 0 radical (unpaired) electrons. The third-order valence-electron chi connectivity index (χ3n) is 2.27. The lowest BCUT2D eigenvalue weighted by Gasteiger charge is -2.08. The number of rotatable bonds is 2. The van der Waals surface area contributed by atoms with Crippen molar-refractivity contribution >= 4 is 11.6 Å². The number of anilines is 1. The van der Waals surface area contributed by atoms with Crippen LogP contribution in [0, 0.1) is 0 Å². The fourth-order valence-corrected chi connectivity index (χ4v) is 1.35. The minimum atomic E-state index is -4.40. The van der Waals surface area contributed by atoms with Gasteiger partial charge in [0.1, 0.15) is 5.69 Å². The molecule has 19 heavy (non-hydrogen) atoms. The van der Waals surface area contributed by atoms with Gasteiger partial charge in [0, 0.05) is 18.1 Å². The molecule has 0 atom stereocenters. The van der Waals surface area contributed by atoms with Crippen LogP contribution in [0.25, 0.3) is 0 Å². The normalized spacial score (nSPS) is 11.1. The first kappa shape index (κ1) is 13.0. The van der Waals surface area contributed by atoms with Gasteiger partial charge in [-0.05, 0) is 24.3 Å². The molecule has 0 aliphatic heterocycles. The average Bonchev–Trinajstić information content (AvgIpc) is 2.39. The molecule has 98 valence electrons. The van der Waals surface area contributed by atoms with E-state index in [-0.39, 0.29) is 11.4 Å². The van der Waals surface area contributed by atoms with Gasteiger partial charge in [-0.15, -0.1) is 0 Å². The highest BCUT2D eigenvalue weighted by molar-refractivity contribution is 6.02. The number of benzene rings is 1. The highest BCUT2D eigenvalue weighted by Crippen LogP contribution is 2.29. The number of nitrogens with zero attached hydrogens (tertiary/aromatic N) is 2. The first-order valence-electron chi connectivity index (χ1n) is 5.21. The molecule has 1 heterocycles. The van der Waals surface area contributed by atoms with Crippen molar-refractivity contribution in [2.45, 2.75) is 6.18 Å². The van der Waals surface area contributed by atoms with Gasteiger partial charge in [0.15, 0.2) is 0 Å². The lowest BCUT2D eigenvalue weighted by molar-refractivity contribution is -0.137. The molecular weight excluding hydrogens is 259 g/mol. The van der Waals surface area contributed by atoms with Crippen molar-refractivity contribution in [3.05, 3.63) is 54.1 Å². The second-order valence-electron chi connectivity index (χ2n) is 3.62. The number of aromatic nitrogens is 2. The van der Waals surface area contributed by atoms with Crippen molar-refractivity contribution in [3.8, 4) is 0 Å². The minimum absolute atomic E-state index is 0.0856. The molecule has 0 saturated heterocycles. The minimum Gasteiger partial charge on any atom is -0.321 e. The van der Waals surface area contributed by atoms with E-state index in [2.05, 4.69) is 15.3 Å². The Morgan fingerprint density at radius 1 is 1.11 bits per heavy atom. The van der Waals surface area contributed by atoms with Crippen molar-refractivity contribution in [1.82, 2.24) is 9.97 Å². The number of alkyl halides is 3. The number of hydrogen-bond donors (Lipinski definition) is 1. The molecule has 1 aromatic heterocycles. The second-order valence-corrected chi connectivity index (χ2v) is 3.62. The Balaban J connectivity index is 2.10. The van der Waals surface area contributed by atoms with Crippen LogP contribution in [0.1, 0.15) is 16.1 Å². The van der Waals surface area contributed by atoms with E-state index >= 15 is 0 Å². The molecule has 0 aliphatic rings. The van der Waals surface area contributed by atoms with E-state index in [1.165, 1.54) is 30.7 Å². The Morgan fingerprint density at radius 2 is 1.79 bits per heavy atom. The predicted octanol–water partition coefficient (Wildman–Crippen LogP) is 2.75. The van der Waals surface area contributed by atoms with Crippen molar-refractivity contribution in [2.75, 3.05) is 5.32 Å². The topological polar surface area (TPSA) is 54.9 Å². The van der Waals surface area contributed by atoms with Gasteiger partial charge in [-0.1, -0.05) is 0 Å². The zero-order chi connectivity index (χ0) is 13.9. The molecule has 7 heteroatoms. The monoisotopic (exact) mass is 267 g/mol. The third kappa shape index (κ3) is 3.27. The molecule has 1 aromatic carbocycles. The van der Waals surface area contributed by atoms with Crippen LogP contribution in [-0.4, -0.2) is 15.9 Å². The molecule has 4 nitrogen and oxygen atoms in total. The van der Waals surface area contributed by atoms with Gasteiger partial charge in [0.2, 0.25) is 0 Å². The summed E-state index contributed by atoms with van der Waals surface area (Å²) >= 11 is 0. The maximum absolute atomic E-state index is 12.3. The van der Waals surface area contributed by atoms with Crippen LogP contribution in [-0.2, 0) is 6.18 Å². The number of carbonyl (C=O) groups is 1. The number of carbonyl (C=O) groups excluding carboxylic acids is 1. The summed E-state index contributed by atoms with van der Waals surface area (Å²) < 4.78 is 37.0. The molecule has 0 fully saturated rings. The maximum Gasteiger partial charge on any atom is 0.416 e. The summed E-state index contributed by atoms with van der Waals surface area (Å²) in [6.07, 6.45) is -0.372. The van der Waals surface area contributed by atoms with Crippen LogP contribution in [0.3, 0.4) is 0 Å². The van der Waals surface area contributed by atoms with Crippen LogP contribution in [0.4, 0.5) is 18.9 Å². The summed E-state index contributed by atoms with van der Waals surface area (Å²) in [5.41, 5.74) is -0.434. The quantitative estimate of drug-likeness (QED) is 0.910. The van der Waals surface area contributed by atoms with Crippen molar-refractivity contribution in [2.24, 2.45) is 0 Å². The summed E-state index contributed by atoms with van der Waals surface area (Å²) in [6, 6.07) is 4.15. The van der Waals surface area contributed by atoms with E-state index in [1.807, 2.05) is 0 Å². The largest absolute Gasteiger partial charge is 0.416 e. The zero-order valence-electron chi connectivity index (χ0n) is 9.48. The standard InChI is InChI=1S/C12H8F3N3O/c13-12(14,15)8-1-3-9(4-2-8)18-11(19)10-7-16-5-6-17-10/h1-7H,(H,18,19). The van der Waals surface area contributed by atoms with E-state index in [0.717, 1.165) is 12.1 Å². The predicted molar refractivity (Wildman–Crippen MR) is 61.4 cm³/mol. The zero-order valence-corrected chi connectivity index (χ0v) is 9.48. The Labute approximate surface area is 106 Å². The SMILES string of the molecule is O=C(Nc1ccc(C(F)(F)F)cc1)c1cnccn1. The molecule has 0 saturated carbocycles. The second kappa shape index (κ2) is 5.05. The molecule has 1 amide bonds. The Bertz CT molecular complexity index is 567. The van der Waals surface area contributed by atoms with Gasteiger partial charge in [0.05, 0.1) is 11.8 Å². The number of hydrogen-bond acceptors (Lipinski definition) is 3. The van der Waals surface area contributed by atoms with Gasteiger partial charge < -0.3 is 5.32 Å². The maximum atomic E-state index is 12.3. The molecular formula is C12H8F3N3O. The Morgan fingerprint density at radius 3 is 2.32 bits per heavy atom. The number of amides is 1. The lowest BCUT2D eigenvalue weighted by atomic mass is 10.2. The average molecular weight is 267 g/mol. The van der Waals surface area contributed by atoms with Crippen LogP contribution in [0.2, 0.25) is 0 Å². The van der Waals surface area contributed by atoms with Crippen LogP contribution >= 0.6 is 0 Å². The number of nitrogens with one attached hydrogen (secondary N) is 1. The van der Waals surface area contributed by atoms with Gasteiger partial charge >= 0.3 is 6.18 Å². The third-order valence-corrected chi connectivity index (χ3v) is 2.27. The van der Waals surface area contributed by atoms with Crippen molar-refractivity contribution in [1.29, 1.82) is 0 Å². The first-order chi connectivity index (χ1) is 8.97. The van der Waals surface area contributed by atoms with Gasteiger partial charge in [-0.25, -0.2) is 4.98 Å². The van der Waals surface area contributed by atoms with Crippen molar-refractivity contribution < 1.29 is 18.0 Å². The molecule has 1 N–H and O–H groups in total. The molecule has 2 rings (SSSR count). The van der Waals surface area contributed by atoms with E-state index in [1.54, 1.807) is 0 Å². The molecule has 0 bridgehead atoms. The first-order valence-corrected chi connectivity index (χ1v) is 5.21. The van der Waals surface area contributed by atoms with Crippen LogP contribution in [0.5, 0.6) is 0 Å².